The molecular formula is C13H15NO4. The van der Waals surface area contributed by atoms with E-state index in [1.54, 1.807) is 6.07 Å². The molecule has 0 N–H and O–H groups in total. The summed E-state index contributed by atoms with van der Waals surface area (Å²) in [5, 5.41) is 0. The van der Waals surface area contributed by atoms with E-state index in [2.05, 4.69) is 14.5 Å². The van der Waals surface area contributed by atoms with E-state index >= 15 is 0 Å². The molecule has 1 aliphatic rings. The summed E-state index contributed by atoms with van der Waals surface area (Å²) >= 11 is 0. The Labute approximate surface area is 105 Å². The van der Waals surface area contributed by atoms with Gasteiger partial charge in [0.1, 0.15) is 0 Å². The molecule has 0 spiro atoms. The fourth-order valence-electron chi connectivity index (χ4n) is 2.15. The summed E-state index contributed by atoms with van der Waals surface area (Å²) in [7, 11) is 2.55. The van der Waals surface area contributed by atoms with Crippen LogP contribution >= 0.6 is 0 Å². The van der Waals surface area contributed by atoms with Gasteiger partial charge < -0.3 is 9.47 Å². The summed E-state index contributed by atoms with van der Waals surface area (Å²) < 4.78 is 9.33. The van der Waals surface area contributed by atoms with Crippen LogP contribution in [-0.2, 0) is 22.3 Å². The number of esters is 2. The maximum absolute atomic E-state index is 11.7. The lowest BCUT2D eigenvalue weighted by molar-refractivity contribution is 0.0549. The standard InChI is InChI=1S/C13H15NO4/c1-17-12(15)9-7-8-5-3-4-6-10(8)14-11(9)13(16)18-2/h7H,3-6H2,1-2H3. The first-order valence-corrected chi connectivity index (χ1v) is 5.86. The minimum Gasteiger partial charge on any atom is -0.465 e. The van der Waals surface area contributed by atoms with Crippen LogP contribution in [0.5, 0.6) is 0 Å². The summed E-state index contributed by atoms with van der Waals surface area (Å²) in [6.07, 6.45) is 3.85. The zero-order valence-corrected chi connectivity index (χ0v) is 10.5. The number of methoxy groups -OCH3 is 2. The van der Waals surface area contributed by atoms with Gasteiger partial charge in [-0.3, -0.25) is 0 Å². The van der Waals surface area contributed by atoms with Crippen LogP contribution in [0.4, 0.5) is 0 Å². The normalized spacial score (nSPS) is 13.7. The van der Waals surface area contributed by atoms with Crippen LogP contribution in [0.1, 0.15) is 44.9 Å². The summed E-state index contributed by atoms with van der Waals surface area (Å²) in [4.78, 5) is 27.6. The predicted octanol–water partition coefficient (Wildman–Crippen LogP) is 1.53. The molecular weight excluding hydrogens is 234 g/mol. The van der Waals surface area contributed by atoms with Crippen LogP contribution in [0, 0.1) is 0 Å². The highest BCUT2D eigenvalue weighted by Gasteiger charge is 2.24. The first-order chi connectivity index (χ1) is 8.67. The molecule has 0 radical (unpaired) electrons. The molecule has 1 aromatic heterocycles. The van der Waals surface area contributed by atoms with Gasteiger partial charge in [0, 0.05) is 5.69 Å². The second-order valence-electron chi connectivity index (χ2n) is 4.18. The zero-order chi connectivity index (χ0) is 13.1. The maximum Gasteiger partial charge on any atom is 0.357 e. The second kappa shape index (κ2) is 5.16. The van der Waals surface area contributed by atoms with Gasteiger partial charge in [0.15, 0.2) is 5.69 Å². The Kier molecular flexibility index (Phi) is 3.60. The van der Waals surface area contributed by atoms with Gasteiger partial charge in [-0.2, -0.15) is 0 Å². The molecule has 0 saturated carbocycles. The Morgan fingerprint density at radius 3 is 2.44 bits per heavy atom. The highest BCUT2D eigenvalue weighted by Crippen LogP contribution is 2.23. The number of rotatable bonds is 2. The predicted molar refractivity (Wildman–Crippen MR) is 63.6 cm³/mol. The molecule has 18 heavy (non-hydrogen) atoms. The Morgan fingerprint density at radius 2 is 1.78 bits per heavy atom. The first kappa shape index (κ1) is 12.5. The van der Waals surface area contributed by atoms with Crippen molar-refractivity contribution in [3.8, 4) is 0 Å². The number of hydrogen-bond acceptors (Lipinski definition) is 5. The number of ether oxygens (including phenoxy) is 2. The molecule has 96 valence electrons. The van der Waals surface area contributed by atoms with Gasteiger partial charge >= 0.3 is 11.9 Å². The zero-order valence-electron chi connectivity index (χ0n) is 10.5. The number of fused-ring (bicyclic) bond motifs is 1. The SMILES string of the molecule is COC(=O)c1cc2c(nc1C(=O)OC)CCCC2. The third kappa shape index (κ3) is 2.20. The van der Waals surface area contributed by atoms with E-state index in [4.69, 9.17) is 0 Å². The van der Waals surface area contributed by atoms with E-state index < -0.39 is 11.9 Å². The average molecular weight is 249 g/mol. The first-order valence-electron chi connectivity index (χ1n) is 5.86. The van der Waals surface area contributed by atoms with Crippen LogP contribution in [0.25, 0.3) is 0 Å². The van der Waals surface area contributed by atoms with Crippen molar-refractivity contribution in [1.29, 1.82) is 0 Å². The number of carbonyl (C=O) groups is 2. The van der Waals surface area contributed by atoms with Crippen molar-refractivity contribution in [3.05, 3.63) is 28.6 Å². The van der Waals surface area contributed by atoms with Gasteiger partial charge in [0.05, 0.1) is 19.8 Å². The van der Waals surface area contributed by atoms with Crippen LogP contribution in [0.2, 0.25) is 0 Å². The van der Waals surface area contributed by atoms with Crippen LogP contribution in [-0.4, -0.2) is 31.1 Å². The van der Waals surface area contributed by atoms with E-state index in [0.29, 0.717) is 0 Å². The molecule has 5 nitrogen and oxygen atoms in total. The number of carbonyl (C=O) groups excluding carboxylic acids is 2. The van der Waals surface area contributed by atoms with E-state index in [1.807, 2.05) is 0 Å². The Morgan fingerprint density at radius 1 is 1.11 bits per heavy atom. The monoisotopic (exact) mass is 249 g/mol. The largest absolute Gasteiger partial charge is 0.465 e. The molecule has 1 aliphatic carbocycles. The number of hydrogen-bond donors (Lipinski definition) is 0. The smallest absolute Gasteiger partial charge is 0.357 e. The fraction of sp³-hybridized carbons (Fsp3) is 0.462. The molecule has 1 heterocycles. The van der Waals surface area contributed by atoms with Crippen LogP contribution in [0.15, 0.2) is 6.07 Å². The van der Waals surface area contributed by atoms with Crippen molar-refractivity contribution in [1.82, 2.24) is 4.98 Å². The van der Waals surface area contributed by atoms with E-state index in [0.717, 1.165) is 36.9 Å². The van der Waals surface area contributed by atoms with Gasteiger partial charge in [0.25, 0.3) is 0 Å². The summed E-state index contributed by atoms with van der Waals surface area (Å²) in [6.45, 7) is 0. The molecule has 0 aromatic carbocycles. The Balaban J connectivity index is 2.54. The summed E-state index contributed by atoms with van der Waals surface area (Å²) in [5.41, 5.74) is 2.14. The quantitative estimate of drug-likeness (QED) is 0.744. The molecule has 0 amide bonds. The molecule has 0 fully saturated rings. The van der Waals surface area contributed by atoms with Crippen molar-refractivity contribution < 1.29 is 19.1 Å². The molecule has 0 saturated heterocycles. The number of nitrogens with zero attached hydrogens (tertiary/aromatic N) is 1. The lowest BCUT2D eigenvalue weighted by Crippen LogP contribution is -2.18. The lowest BCUT2D eigenvalue weighted by atomic mass is 9.94. The molecule has 2 rings (SSSR count). The number of pyridine rings is 1. The molecule has 5 heteroatoms. The highest BCUT2D eigenvalue weighted by atomic mass is 16.5. The minimum atomic E-state index is -0.608. The van der Waals surface area contributed by atoms with Gasteiger partial charge in [-0.25, -0.2) is 14.6 Å². The maximum atomic E-state index is 11.7. The van der Waals surface area contributed by atoms with E-state index in [-0.39, 0.29) is 11.3 Å². The Hall–Kier alpha value is -1.91. The minimum absolute atomic E-state index is 0.0463. The van der Waals surface area contributed by atoms with Crippen LogP contribution < -0.4 is 0 Å². The topological polar surface area (TPSA) is 65.5 Å². The lowest BCUT2D eigenvalue weighted by Gasteiger charge is -2.17. The van der Waals surface area contributed by atoms with Gasteiger partial charge in [-0.05, 0) is 37.3 Å². The molecule has 1 aromatic rings. The van der Waals surface area contributed by atoms with Crippen molar-refractivity contribution in [2.45, 2.75) is 25.7 Å². The second-order valence-corrected chi connectivity index (χ2v) is 4.18. The molecule has 0 unspecified atom stereocenters. The van der Waals surface area contributed by atoms with Crippen molar-refractivity contribution in [3.63, 3.8) is 0 Å². The molecule has 0 aliphatic heterocycles. The van der Waals surface area contributed by atoms with Gasteiger partial charge in [-0.1, -0.05) is 0 Å². The third-order valence-corrected chi connectivity index (χ3v) is 3.08. The molecule has 0 bridgehead atoms. The van der Waals surface area contributed by atoms with Gasteiger partial charge in [0.2, 0.25) is 0 Å². The Bertz CT molecular complexity index is 451. The van der Waals surface area contributed by atoms with Crippen LogP contribution in [0.3, 0.4) is 0 Å². The van der Waals surface area contributed by atoms with Crippen molar-refractivity contribution >= 4 is 11.9 Å². The summed E-state index contributed by atoms with van der Waals surface area (Å²) in [5.74, 6) is -1.17. The van der Waals surface area contributed by atoms with E-state index in [9.17, 15) is 9.59 Å². The van der Waals surface area contributed by atoms with E-state index in [1.165, 1.54) is 14.2 Å². The summed E-state index contributed by atoms with van der Waals surface area (Å²) in [6, 6.07) is 1.71. The average Bonchev–Trinajstić information content (AvgIpc) is 2.44. The number of aryl methyl sites for hydroxylation is 2. The fourth-order valence-corrected chi connectivity index (χ4v) is 2.15. The number of aromatic nitrogens is 1. The molecule has 0 atom stereocenters. The van der Waals surface area contributed by atoms with Crippen molar-refractivity contribution in [2.24, 2.45) is 0 Å². The van der Waals surface area contributed by atoms with Gasteiger partial charge in [-0.15, -0.1) is 0 Å². The highest BCUT2D eigenvalue weighted by molar-refractivity contribution is 6.01. The third-order valence-electron chi connectivity index (χ3n) is 3.08. The van der Waals surface area contributed by atoms with Crippen molar-refractivity contribution in [2.75, 3.05) is 14.2 Å².